The van der Waals surface area contributed by atoms with Crippen molar-refractivity contribution < 1.29 is 14.7 Å². The van der Waals surface area contributed by atoms with Gasteiger partial charge in [-0.2, -0.15) is 5.10 Å². The Kier molecular flexibility index (Phi) is 3.23. The monoisotopic (exact) mass is 277 g/mol. The van der Waals surface area contributed by atoms with E-state index >= 15 is 0 Å². The van der Waals surface area contributed by atoms with Gasteiger partial charge in [0.2, 0.25) is 0 Å². The molecule has 0 saturated heterocycles. The molecule has 6 nitrogen and oxygen atoms in total. The summed E-state index contributed by atoms with van der Waals surface area (Å²) in [6.45, 7) is 0. The SMILES string of the molecule is O=C(O)CC1(NC(=O)c2cc(C3CC3)[nH]n2)CCCC1. The molecular weight excluding hydrogens is 258 g/mol. The molecule has 0 atom stereocenters. The number of aromatic amines is 1. The lowest BCUT2D eigenvalue weighted by Gasteiger charge is -2.28. The van der Waals surface area contributed by atoms with Gasteiger partial charge in [-0.25, -0.2) is 0 Å². The van der Waals surface area contributed by atoms with Crippen LogP contribution >= 0.6 is 0 Å². The number of amides is 1. The van der Waals surface area contributed by atoms with E-state index in [0.29, 0.717) is 11.6 Å². The van der Waals surface area contributed by atoms with E-state index in [1.54, 1.807) is 6.07 Å². The first kappa shape index (κ1) is 13.1. The number of nitrogens with one attached hydrogen (secondary N) is 2. The maximum absolute atomic E-state index is 12.3. The topological polar surface area (TPSA) is 95.1 Å². The molecule has 1 heterocycles. The highest BCUT2D eigenvalue weighted by Gasteiger charge is 2.38. The Balaban J connectivity index is 1.70. The van der Waals surface area contributed by atoms with Gasteiger partial charge in [-0.1, -0.05) is 12.8 Å². The molecule has 2 aliphatic rings. The zero-order valence-corrected chi connectivity index (χ0v) is 11.3. The molecule has 2 aliphatic carbocycles. The first-order valence-electron chi connectivity index (χ1n) is 7.18. The summed E-state index contributed by atoms with van der Waals surface area (Å²) in [5, 5.41) is 18.9. The van der Waals surface area contributed by atoms with Crippen molar-refractivity contribution in [3.8, 4) is 0 Å². The highest BCUT2D eigenvalue weighted by atomic mass is 16.4. The van der Waals surface area contributed by atoms with Gasteiger partial charge in [0.25, 0.3) is 5.91 Å². The average Bonchev–Trinajstić information content (AvgIpc) is 2.94. The van der Waals surface area contributed by atoms with Gasteiger partial charge in [-0.3, -0.25) is 14.7 Å². The predicted octanol–water partition coefficient (Wildman–Crippen LogP) is 1.80. The second-order valence-corrected chi connectivity index (χ2v) is 5.99. The van der Waals surface area contributed by atoms with E-state index in [9.17, 15) is 9.59 Å². The molecule has 0 bridgehead atoms. The predicted molar refractivity (Wildman–Crippen MR) is 71.5 cm³/mol. The maximum atomic E-state index is 12.3. The Hall–Kier alpha value is -1.85. The highest BCUT2D eigenvalue weighted by Crippen LogP contribution is 2.39. The summed E-state index contributed by atoms with van der Waals surface area (Å²) < 4.78 is 0. The number of carboxylic acids is 1. The molecular formula is C14H19N3O3. The second-order valence-electron chi connectivity index (χ2n) is 5.99. The lowest BCUT2D eigenvalue weighted by atomic mass is 9.93. The number of aliphatic carboxylic acids is 1. The van der Waals surface area contributed by atoms with E-state index in [2.05, 4.69) is 15.5 Å². The number of hydrogen-bond acceptors (Lipinski definition) is 3. The van der Waals surface area contributed by atoms with Gasteiger partial charge in [0.05, 0.1) is 12.0 Å². The van der Waals surface area contributed by atoms with E-state index in [0.717, 1.165) is 44.2 Å². The van der Waals surface area contributed by atoms with Crippen LogP contribution in [0.4, 0.5) is 0 Å². The van der Waals surface area contributed by atoms with Crippen molar-refractivity contribution in [1.82, 2.24) is 15.5 Å². The average molecular weight is 277 g/mol. The van der Waals surface area contributed by atoms with Crippen LogP contribution in [-0.2, 0) is 4.79 Å². The lowest BCUT2D eigenvalue weighted by Crippen LogP contribution is -2.47. The molecule has 3 rings (SSSR count). The maximum Gasteiger partial charge on any atom is 0.305 e. The molecule has 0 spiro atoms. The summed E-state index contributed by atoms with van der Waals surface area (Å²) in [6.07, 6.45) is 5.65. The van der Waals surface area contributed by atoms with Gasteiger partial charge in [0.15, 0.2) is 0 Å². The van der Waals surface area contributed by atoms with Crippen LogP contribution in [0.3, 0.4) is 0 Å². The van der Waals surface area contributed by atoms with Crippen molar-refractivity contribution in [3.05, 3.63) is 17.5 Å². The standard InChI is InChI=1S/C14H19N3O3/c18-12(19)8-14(5-1-2-6-14)15-13(20)11-7-10(16-17-11)9-3-4-9/h7,9H,1-6,8H2,(H,15,20)(H,16,17)(H,18,19). The van der Waals surface area contributed by atoms with Crippen molar-refractivity contribution in [2.45, 2.75) is 56.4 Å². The van der Waals surface area contributed by atoms with Gasteiger partial charge in [0, 0.05) is 11.6 Å². The minimum absolute atomic E-state index is 0.0152. The number of rotatable bonds is 5. The minimum Gasteiger partial charge on any atom is -0.481 e. The summed E-state index contributed by atoms with van der Waals surface area (Å²) in [5.74, 6) is -0.618. The van der Waals surface area contributed by atoms with Crippen LogP contribution in [0.1, 0.15) is 67.0 Å². The van der Waals surface area contributed by atoms with E-state index in [-0.39, 0.29) is 12.3 Å². The van der Waals surface area contributed by atoms with E-state index in [1.807, 2.05) is 0 Å². The van der Waals surface area contributed by atoms with Gasteiger partial charge in [-0.05, 0) is 31.7 Å². The molecule has 0 unspecified atom stereocenters. The molecule has 0 radical (unpaired) electrons. The number of carbonyl (C=O) groups is 2. The minimum atomic E-state index is -0.868. The van der Waals surface area contributed by atoms with Crippen LogP contribution in [-0.4, -0.2) is 32.7 Å². The smallest absolute Gasteiger partial charge is 0.305 e. The zero-order valence-electron chi connectivity index (χ0n) is 11.3. The number of carboxylic acid groups (broad SMARTS) is 1. The molecule has 6 heteroatoms. The van der Waals surface area contributed by atoms with Crippen molar-refractivity contribution >= 4 is 11.9 Å². The molecule has 3 N–H and O–H groups in total. The van der Waals surface area contributed by atoms with Crippen LogP contribution in [0, 0.1) is 0 Å². The fourth-order valence-corrected chi connectivity index (χ4v) is 3.05. The Morgan fingerprint density at radius 1 is 1.40 bits per heavy atom. The van der Waals surface area contributed by atoms with Gasteiger partial charge >= 0.3 is 5.97 Å². The zero-order chi connectivity index (χ0) is 14.2. The third-order valence-corrected chi connectivity index (χ3v) is 4.28. The summed E-state index contributed by atoms with van der Waals surface area (Å²) >= 11 is 0. The van der Waals surface area contributed by atoms with Crippen LogP contribution in [0.5, 0.6) is 0 Å². The molecule has 0 aromatic carbocycles. The van der Waals surface area contributed by atoms with Gasteiger partial charge in [-0.15, -0.1) is 0 Å². The summed E-state index contributed by atoms with van der Waals surface area (Å²) in [7, 11) is 0. The number of nitrogens with zero attached hydrogens (tertiary/aromatic N) is 1. The van der Waals surface area contributed by atoms with Crippen molar-refractivity contribution in [2.75, 3.05) is 0 Å². The Labute approximate surface area is 116 Å². The normalized spacial score (nSPS) is 20.8. The van der Waals surface area contributed by atoms with E-state index in [1.165, 1.54) is 0 Å². The van der Waals surface area contributed by atoms with E-state index < -0.39 is 11.5 Å². The molecule has 0 aliphatic heterocycles. The molecule has 1 aromatic heterocycles. The van der Waals surface area contributed by atoms with Crippen molar-refractivity contribution in [3.63, 3.8) is 0 Å². The number of H-pyrrole nitrogens is 1. The number of aromatic nitrogens is 2. The van der Waals surface area contributed by atoms with Gasteiger partial charge < -0.3 is 10.4 Å². The highest BCUT2D eigenvalue weighted by molar-refractivity contribution is 5.93. The van der Waals surface area contributed by atoms with Gasteiger partial charge in [0.1, 0.15) is 5.69 Å². The van der Waals surface area contributed by atoms with E-state index in [4.69, 9.17) is 5.11 Å². The molecule has 2 fully saturated rings. The number of hydrogen-bond donors (Lipinski definition) is 3. The molecule has 108 valence electrons. The first-order valence-corrected chi connectivity index (χ1v) is 7.18. The fraction of sp³-hybridized carbons (Fsp3) is 0.643. The summed E-state index contributed by atoms with van der Waals surface area (Å²) in [4.78, 5) is 23.3. The fourth-order valence-electron chi connectivity index (χ4n) is 3.05. The Morgan fingerprint density at radius 2 is 2.10 bits per heavy atom. The third kappa shape index (κ3) is 2.69. The second kappa shape index (κ2) is 4.92. The molecule has 2 saturated carbocycles. The quantitative estimate of drug-likeness (QED) is 0.764. The van der Waals surface area contributed by atoms with Crippen LogP contribution in [0.25, 0.3) is 0 Å². The Morgan fingerprint density at radius 3 is 2.70 bits per heavy atom. The van der Waals surface area contributed by atoms with Crippen LogP contribution < -0.4 is 5.32 Å². The first-order chi connectivity index (χ1) is 9.58. The number of carbonyl (C=O) groups excluding carboxylic acids is 1. The largest absolute Gasteiger partial charge is 0.481 e. The van der Waals surface area contributed by atoms with Crippen LogP contribution in [0.2, 0.25) is 0 Å². The summed E-state index contributed by atoms with van der Waals surface area (Å²) in [6, 6.07) is 1.79. The third-order valence-electron chi connectivity index (χ3n) is 4.28. The Bertz CT molecular complexity index is 528. The van der Waals surface area contributed by atoms with Crippen LogP contribution in [0.15, 0.2) is 6.07 Å². The summed E-state index contributed by atoms with van der Waals surface area (Å²) in [5.41, 5.74) is 0.777. The molecule has 20 heavy (non-hydrogen) atoms. The van der Waals surface area contributed by atoms with Crippen molar-refractivity contribution in [1.29, 1.82) is 0 Å². The molecule has 1 amide bonds. The molecule has 1 aromatic rings. The lowest BCUT2D eigenvalue weighted by molar-refractivity contribution is -0.138. The van der Waals surface area contributed by atoms with Crippen molar-refractivity contribution in [2.24, 2.45) is 0 Å².